The lowest BCUT2D eigenvalue weighted by Crippen LogP contribution is -2.09. The Morgan fingerprint density at radius 2 is 1.82 bits per heavy atom. The van der Waals surface area contributed by atoms with Gasteiger partial charge in [-0.2, -0.15) is 5.10 Å². The van der Waals surface area contributed by atoms with Crippen molar-refractivity contribution in [1.29, 1.82) is 0 Å². The van der Waals surface area contributed by atoms with E-state index in [-0.39, 0.29) is 17.2 Å². The number of halogens is 1. The first-order valence-corrected chi connectivity index (χ1v) is 9.95. The Hall–Kier alpha value is -4.32. The quantitative estimate of drug-likeness (QED) is 0.146. The number of methoxy groups -OCH3 is 1. The molecule has 0 saturated heterocycles. The number of hydrogen-bond donors (Lipinski definition) is 1. The summed E-state index contributed by atoms with van der Waals surface area (Å²) < 4.78 is 11.4. The normalized spacial score (nSPS) is 10.6. The summed E-state index contributed by atoms with van der Waals surface area (Å²) in [5.41, 5.74) is 2.46. The third-order valence-corrected chi connectivity index (χ3v) is 4.73. The fraction of sp³-hybridized carbons (Fsp3) is 0.0476. The van der Waals surface area contributed by atoms with E-state index in [1.54, 1.807) is 36.4 Å². The molecule has 0 radical (unpaired) electrons. The molecule has 12 heteroatoms. The van der Waals surface area contributed by atoms with Crippen molar-refractivity contribution < 1.29 is 24.1 Å². The number of anilines is 1. The van der Waals surface area contributed by atoms with Crippen LogP contribution in [0.4, 0.5) is 17.1 Å². The van der Waals surface area contributed by atoms with E-state index in [1.807, 2.05) is 0 Å². The molecular weight excluding hydrogens is 500 g/mol. The summed E-state index contributed by atoms with van der Waals surface area (Å²) in [6, 6.07) is 14.6. The predicted octanol–water partition coefficient (Wildman–Crippen LogP) is 4.94. The van der Waals surface area contributed by atoms with Crippen molar-refractivity contribution in [3.8, 4) is 11.5 Å². The monoisotopic (exact) mass is 514 g/mol. The Labute approximate surface area is 195 Å². The van der Waals surface area contributed by atoms with Gasteiger partial charge in [-0.05, 0) is 48.0 Å². The third kappa shape index (κ3) is 5.89. The van der Waals surface area contributed by atoms with Crippen LogP contribution in [0.2, 0.25) is 0 Å². The van der Waals surface area contributed by atoms with Gasteiger partial charge in [0.2, 0.25) is 0 Å². The van der Waals surface area contributed by atoms with Gasteiger partial charge in [-0.1, -0.05) is 22.0 Å². The van der Waals surface area contributed by atoms with Crippen LogP contribution in [0.3, 0.4) is 0 Å². The number of nitro groups is 2. The zero-order valence-corrected chi connectivity index (χ0v) is 18.5. The zero-order valence-electron chi connectivity index (χ0n) is 16.9. The van der Waals surface area contributed by atoms with Crippen LogP contribution in [0.5, 0.6) is 11.5 Å². The van der Waals surface area contributed by atoms with Crippen LogP contribution in [0, 0.1) is 20.2 Å². The largest absolute Gasteiger partial charge is 0.493 e. The predicted molar refractivity (Wildman–Crippen MR) is 123 cm³/mol. The Balaban J connectivity index is 1.75. The maximum atomic E-state index is 12.4. The smallest absolute Gasteiger partial charge is 0.343 e. The van der Waals surface area contributed by atoms with Crippen molar-refractivity contribution in [2.45, 2.75) is 0 Å². The highest BCUT2D eigenvalue weighted by Gasteiger charge is 2.19. The number of esters is 1. The molecule has 0 aliphatic rings. The van der Waals surface area contributed by atoms with Crippen LogP contribution < -0.4 is 14.9 Å². The molecule has 168 valence electrons. The minimum absolute atomic E-state index is 0.0200. The van der Waals surface area contributed by atoms with Crippen LogP contribution in [0.15, 0.2) is 70.2 Å². The molecule has 0 aromatic heterocycles. The number of rotatable bonds is 8. The van der Waals surface area contributed by atoms with Gasteiger partial charge < -0.3 is 9.47 Å². The van der Waals surface area contributed by atoms with Crippen molar-refractivity contribution >= 4 is 45.2 Å². The first-order valence-electron chi connectivity index (χ1n) is 9.16. The molecule has 1 N–H and O–H groups in total. The second-order valence-corrected chi connectivity index (χ2v) is 7.31. The summed E-state index contributed by atoms with van der Waals surface area (Å²) >= 11 is 3.30. The topological polar surface area (TPSA) is 146 Å². The number of nitro benzene ring substituents is 2. The lowest BCUT2D eigenvalue weighted by molar-refractivity contribution is -0.393. The Morgan fingerprint density at radius 3 is 2.48 bits per heavy atom. The van der Waals surface area contributed by atoms with E-state index in [9.17, 15) is 25.0 Å². The Morgan fingerprint density at radius 1 is 1.03 bits per heavy atom. The maximum absolute atomic E-state index is 12.4. The van der Waals surface area contributed by atoms with E-state index >= 15 is 0 Å². The lowest BCUT2D eigenvalue weighted by atomic mass is 10.2. The molecule has 0 aliphatic heterocycles. The van der Waals surface area contributed by atoms with Gasteiger partial charge in [0.25, 0.3) is 5.69 Å². The molecule has 3 rings (SSSR count). The van der Waals surface area contributed by atoms with Gasteiger partial charge in [0, 0.05) is 10.5 Å². The molecule has 0 bridgehead atoms. The number of nitrogens with one attached hydrogen (secondary N) is 1. The number of carbonyl (C=O) groups is 1. The van der Waals surface area contributed by atoms with Crippen molar-refractivity contribution in [1.82, 2.24) is 0 Å². The number of benzene rings is 3. The molecule has 33 heavy (non-hydrogen) atoms. The van der Waals surface area contributed by atoms with E-state index < -0.39 is 27.2 Å². The number of carbonyl (C=O) groups excluding carboxylic acids is 1. The van der Waals surface area contributed by atoms with Gasteiger partial charge in [-0.25, -0.2) is 4.79 Å². The van der Waals surface area contributed by atoms with E-state index in [1.165, 1.54) is 25.5 Å². The number of hydrazone groups is 1. The Kier molecular flexibility index (Phi) is 7.31. The highest BCUT2D eigenvalue weighted by atomic mass is 79.9. The first kappa shape index (κ1) is 23.3. The molecule has 0 spiro atoms. The van der Waals surface area contributed by atoms with Gasteiger partial charge in [-0.15, -0.1) is 0 Å². The average molecular weight is 515 g/mol. The number of non-ortho nitro benzene ring substituents is 1. The van der Waals surface area contributed by atoms with Gasteiger partial charge in [0.15, 0.2) is 11.5 Å². The highest BCUT2D eigenvalue weighted by Crippen LogP contribution is 2.30. The molecule has 0 heterocycles. The summed E-state index contributed by atoms with van der Waals surface area (Å²) in [6.07, 6.45) is 1.35. The molecule has 3 aromatic carbocycles. The van der Waals surface area contributed by atoms with E-state index in [0.29, 0.717) is 11.1 Å². The SMILES string of the molecule is COc1cc(C=NNc2ccc([N+](=O)[O-])cc2[N+](=O)[O-])ccc1OC(=O)c1cccc(Br)c1. The first-order chi connectivity index (χ1) is 15.8. The number of hydrogen-bond acceptors (Lipinski definition) is 9. The molecule has 0 atom stereocenters. The van der Waals surface area contributed by atoms with Crippen molar-refractivity contribution in [3.05, 3.63) is 96.5 Å². The minimum atomic E-state index is -0.748. The molecule has 0 saturated carbocycles. The maximum Gasteiger partial charge on any atom is 0.343 e. The van der Waals surface area contributed by atoms with Crippen molar-refractivity contribution in [3.63, 3.8) is 0 Å². The van der Waals surface area contributed by atoms with E-state index in [4.69, 9.17) is 9.47 Å². The molecule has 0 fully saturated rings. The second-order valence-electron chi connectivity index (χ2n) is 6.40. The molecule has 0 aliphatic carbocycles. The standard InChI is InChI=1S/C21H15BrN4O7/c1-32-20-9-13(5-8-19(20)33-21(27)14-3-2-4-15(22)10-14)12-23-24-17-7-6-16(25(28)29)11-18(17)26(30)31/h2-12,24H,1H3. The summed E-state index contributed by atoms with van der Waals surface area (Å²) in [5, 5.41) is 25.9. The number of ether oxygens (including phenoxy) is 2. The van der Waals surface area contributed by atoms with Crippen LogP contribution in [0.1, 0.15) is 15.9 Å². The molecule has 3 aromatic rings. The summed E-state index contributed by atoms with van der Waals surface area (Å²) in [6.45, 7) is 0. The lowest BCUT2D eigenvalue weighted by Gasteiger charge is -2.10. The van der Waals surface area contributed by atoms with Gasteiger partial charge in [0.05, 0.1) is 34.8 Å². The average Bonchev–Trinajstić information content (AvgIpc) is 2.79. The van der Waals surface area contributed by atoms with E-state index in [2.05, 4.69) is 26.5 Å². The summed E-state index contributed by atoms with van der Waals surface area (Å²) in [7, 11) is 1.41. The fourth-order valence-corrected chi connectivity index (χ4v) is 3.08. The van der Waals surface area contributed by atoms with Crippen LogP contribution >= 0.6 is 15.9 Å². The summed E-state index contributed by atoms with van der Waals surface area (Å²) in [5.74, 6) is -0.106. The second kappa shape index (κ2) is 10.3. The van der Waals surface area contributed by atoms with Gasteiger partial charge in [0.1, 0.15) is 5.69 Å². The number of nitrogens with zero attached hydrogens (tertiary/aromatic N) is 3. The summed E-state index contributed by atoms with van der Waals surface area (Å²) in [4.78, 5) is 32.9. The highest BCUT2D eigenvalue weighted by molar-refractivity contribution is 9.10. The molecule has 0 unspecified atom stereocenters. The van der Waals surface area contributed by atoms with Crippen LogP contribution in [-0.4, -0.2) is 29.1 Å². The molecular formula is C21H15BrN4O7. The molecule has 11 nitrogen and oxygen atoms in total. The van der Waals surface area contributed by atoms with Gasteiger partial charge >= 0.3 is 11.7 Å². The minimum Gasteiger partial charge on any atom is -0.493 e. The fourth-order valence-electron chi connectivity index (χ4n) is 2.68. The van der Waals surface area contributed by atoms with Crippen LogP contribution in [-0.2, 0) is 0 Å². The third-order valence-electron chi connectivity index (χ3n) is 4.24. The van der Waals surface area contributed by atoms with Crippen molar-refractivity contribution in [2.24, 2.45) is 5.10 Å². The Bertz CT molecular complexity index is 1260. The van der Waals surface area contributed by atoms with Crippen molar-refractivity contribution in [2.75, 3.05) is 12.5 Å². The molecule has 0 amide bonds. The van der Waals surface area contributed by atoms with E-state index in [0.717, 1.165) is 16.6 Å². The zero-order chi connectivity index (χ0) is 24.0. The van der Waals surface area contributed by atoms with Gasteiger partial charge in [-0.3, -0.25) is 25.7 Å². The van der Waals surface area contributed by atoms with Crippen LogP contribution in [0.25, 0.3) is 0 Å².